The maximum Gasteiger partial charge on any atom is 0.263 e. The molecule has 0 aliphatic heterocycles. The second-order valence-corrected chi connectivity index (χ2v) is 6.37. The first-order chi connectivity index (χ1) is 9.42. The van der Waals surface area contributed by atoms with Gasteiger partial charge in [-0.05, 0) is 46.3 Å². The predicted molar refractivity (Wildman–Crippen MR) is 78.3 cm³/mol. The fourth-order valence-corrected chi connectivity index (χ4v) is 2.92. The van der Waals surface area contributed by atoms with Gasteiger partial charge in [-0.3, -0.25) is 4.72 Å². The molecule has 1 aromatic carbocycles. The number of aromatic nitrogens is 1. The Morgan fingerprint density at radius 2 is 2.05 bits per heavy atom. The van der Waals surface area contributed by atoms with Crippen LogP contribution < -0.4 is 10.5 Å². The molecule has 0 bridgehead atoms. The van der Waals surface area contributed by atoms with Crippen molar-refractivity contribution in [3.05, 3.63) is 46.7 Å². The summed E-state index contributed by atoms with van der Waals surface area (Å²) < 4.78 is 27.3. The molecule has 2 rings (SSSR count). The Balaban J connectivity index is 2.35. The Hall–Kier alpha value is -2.11. The molecule has 0 saturated heterocycles. The lowest BCUT2D eigenvalue weighted by molar-refractivity contribution is 0.601. The molecular formula is C12H9BrN4O2S. The highest BCUT2D eigenvalue weighted by Crippen LogP contribution is 2.27. The quantitative estimate of drug-likeness (QED) is 0.822. The Bertz CT molecular complexity index is 782. The number of hydrogen-bond acceptors (Lipinski definition) is 5. The van der Waals surface area contributed by atoms with E-state index in [4.69, 9.17) is 11.0 Å². The molecule has 3 N–H and O–H groups in total. The standard InChI is InChI=1S/C12H9BrN4O2S/c13-11-4-1-8(15)5-12(11)17-20(18,19)10-3-2-9(6-14)16-7-10/h1-5,7,17H,15H2. The van der Waals surface area contributed by atoms with Crippen LogP contribution in [0.25, 0.3) is 0 Å². The van der Waals surface area contributed by atoms with E-state index in [1.54, 1.807) is 12.1 Å². The second kappa shape index (κ2) is 5.48. The average Bonchev–Trinajstić information content (AvgIpc) is 2.43. The van der Waals surface area contributed by atoms with Gasteiger partial charge >= 0.3 is 0 Å². The van der Waals surface area contributed by atoms with Crippen LogP contribution in [0.1, 0.15) is 5.69 Å². The van der Waals surface area contributed by atoms with Crippen LogP contribution in [0.5, 0.6) is 0 Å². The molecule has 1 aromatic heterocycles. The number of nitriles is 1. The topological polar surface area (TPSA) is 109 Å². The largest absolute Gasteiger partial charge is 0.399 e. The lowest BCUT2D eigenvalue weighted by Crippen LogP contribution is -2.14. The highest BCUT2D eigenvalue weighted by atomic mass is 79.9. The molecule has 102 valence electrons. The van der Waals surface area contributed by atoms with Crippen LogP contribution in [0.15, 0.2) is 45.9 Å². The van der Waals surface area contributed by atoms with E-state index in [1.165, 1.54) is 18.2 Å². The van der Waals surface area contributed by atoms with Gasteiger partial charge in [-0.1, -0.05) is 0 Å². The monoisotopic (exact) mass is 352 g/mol. The molecule has 1 heterocycles. The lowest BCUT2D eigenvalue weighted by Gasteiger charge is -2.10. The van der Waals surface area contributed by atoms with Gasteiger partial charge in [0.2, 0.25) is 0 Å². The number of sulfonamides is 1. The first kappa shape index (κ1) is 14.3. The van der Waals surface area contributed by atoms with Crippen molar-refractivity contribution in [2.45, 2.75) is 4.90 Å². The average molecular weight is 353 g/mol. The lowest BCUT2D eigenvalue weighted by atomic mass is 10.3. The Labute approximate surface area is 124 Å². The number of nitrogens with one attached hydrogen (secondary N) is 1. The predicted octanol–water partition coefficient (Wildman–Crippen LogP) is 2.10. The van der Waals surface area contributed by atoms with Crippen molar-refractivity contribution in [1.82, 2.24) is 4.98 Å². The van der Waals surface area contributed by atoms with E-state index in [9.17, 15) is 8.42 Å². The number of benzene rings is 1. The van der Waals surface area contributed by atoms with Crippen molar-refractivity contribution in [3.8, 4) is 6.07 Å². The van der Waals surface area contributed by atoms with Gasteiger partial charge in [-0.25, -0.2) is 13.4 Å². The number of pyridine rings is 1. The summed E-state index contributed by atoms with van der Waals surface area (Å²) in [7, 11) is -3.79. The second-order valence-electron chi connectivity index (χ2n) is 3.84. The molecule has 6 nitrogen and oxygen atoms in total. The van der Waals surface area contributed by atoms with E-state index in [1.807, 2.05) is 6.07 Å². The summed E-state index contributed by atoms with van der Waals surface area (Å²) in [5.41, 5.74) is 6.53. The molecule has 20 heavy (non-hydrogen) atoms. The van der Waals surface area contributed by atoms with E-state index in [0.717, 1.165) is 6.20 Å². The summed E-state index contributed by atoms with van der Waals surface area (Å²) in [6.45, 7) is 0. The molecule has 0 radical (unpaired) electrons. The third-order valence-corrected chi connectivity index (χ3v) is 4.44. The molecule has 0 spiro atoms. The van der Waals surface area contributed by atoms with Crippen molar-refractivity contribution >= 4 is 37.3 Å². The molecule has 0 saturated carbocycles. The van der Waals surface area contributed by atoms with Gasteiger partial charge in [-0.15, -0.1) is 0 Å². The summed E-state index contributed by atoms with van der Waals surface area (Å²) in [5.74, 6) is 0. The zero-order chi connectivity index (χ0) is 14.8. The zero-order valence-corrected chi connectivity index (χ0v) is 12.4. The molecule has 0 atom stereocenters. The first-order valence-electron chi connectivity index (χ1n) is 5.36. The van der Waals surface area contributed by atoms with E-state index in [0.29, 0.717) is 15.8 Å². The summed E-state index contributed by atoms with van der Waals surface area (Å²) in [4.78, 5) is 3.69. The van der Waals surface area contributed by atoms with Gasteiger partial charge in [0.15, 0.2) is 0 Å². The van der Waals surface area contributed by atoms with Gasteiger partial charge in [0.1, 0.15) is 16.7 Å². The van der Waals surface area contributed by atoms with Crippen LogP contribution >= 0.6 is 15.9 Å². The van der Waals surface area contributed by atoms with E-state index in [-0.39, 0.29) is 10.6 Å². The third kappa shape index (κ3) is 3.07. The van der Waals surface area contributed by atoms with Gasteiger partial charge in [-0.2, -0.15) is 5.26 Å². The van der Waals surface area contributed by atoms with Crippen LogP contribution in [-0.2, 0) is 10.0 Å². The number of anilines is 2. The zero-order valence-electron chi connectivity index (χ0n) is 10.0. The van der Waals surface area contributed by atoms with E-state index in [2.05, 4.69) is 25.6 Å². The van der Waals surface area contributed by atoms with Crippen molar-refractivity contribution < 1.29 is 8.42 Å². The molecule has 0 amide bonds. The number of nitrogens with zero attached hydrogens (tertiary/aromatic N) is 2. The molecule has 8 heteroatoms. The summed E-state index contributed by atoms with van der Waals surface area (Å²) in [5, 5.41) is 8.64. The number of nitrogen functional groups attached to an aromatic ring is 1. The van der Waals surface area contributed by atoms with Crippen LogP contribution in [0.2, 0.25) is 0 Å². The number of rotatable bonds is 3. The van der Waals surface area contributed by atoms with Crippen LogP contribution in [0.3, 0.4) is 0 Å². The molecule has 0 aliphatic rings. The van der Waals surface area contributed by atoms with Crippen LogP contribution in [0, 0.1) is 11.3 Å². The Kier molecular flexibility index (Phi) is 3.92. The van der Waals surface area contributed by atoms with Crippen LogP contribution in [0.4, 0.5) is 11.4 Å². The fourth-order valence-electron chi connectivity index (χ4n) is 1.43. The number of hydrogen-bond donors (Lipinski definition) is 2. The van der Waals surface area contributed by atoms with Gasteiger partial charge < -0.3 is 5.73 Å². The Morgan fingerprint density at radius 1 is 1.30 bits per heavy atom. The first-order valence-corrected chi connectivity index (χ1v) is 7.64. The molecular weight excluding hydrogens is 344 g/mol. The van der Waals surface area contributed by atoms with Gasteiger partial charge in [0.05, 0.1) is 5.69 Å². The minimum Gasteiger partial charge on any atom is -0.399 e. The molecule has 2 aromatic rings. The SMILES string of the molecule is N#Cc1ccc(S(=O)(=O)Nc2cc(N)ccc2Br)cn1. The fraction of sp³-hybridized carbons (Fsp3) is 0. The van der Waals surface area contributed by atoms with Gasteiger partial charge in [0.25, 0.3) is 10.0 Å². The van der Waals surface area contributed by atoms with Crippen molar-refractivity contribution in [2.24, 2.45) is 0 Å². The maximum atomic E-state index is 12.2. The van der Waals surface area contributed by atoms with Gasteiger partial charge in [0, 0.05) is 16.4 Å². The Morgan fingerprint density at radius 3 is 2.65 bits per heavy atom. The highest BCUT2D eigenvalue weighted by molar-refractivity contribution is 9.10. The molecule has 0 fully saturated rings. The number of halogens is 1. The number of nitrogens with two attached hydrogens (primary N) is 1. The van der Waals surface area contributed by atoms with Crippen LogP contribution in [-0.4, -0.2) is 13.4 Å². The summed E-state index contributed by atoms with van der Waals surface area (Å²) in [6, 6.07) is 9.26. The summed E-state index contributed by atoms with van der Waals surface area (Å²) >= 11 is 3.24. The minimum atomic E-state index is -3.79. The van der Waals surface area contributed by atoms with E-state index < -0.39 is 10.0 Å². The maximum absolute atomic E-state index is 12.2. The van der Waals surface area contributed by atoms with Crippen molar-refractivity contribution in [3.63, 3.8) is 0 Å². The molecule has 0 aliphatic carbocycles. The molecule has 0 unspecified atom stereocenters. The smallest absolute Gasteiger partial charge is 0.263 e. The van der Waals surface area contributed by atoms with Crippen molar-refractivity contribution in [2.75, 3.05) is 10.5 Å². The highest BCUT2D eigenvalue weighted by Gasteiger charge is 2.16. The summed E-state index contributed by atoms with van der Waals surface area (Å²) in [6.07, 6.45) is 1.13. The normalized spacial score (nSPS) is 10.8. The van der Waals surface area contributed by atoms with Crippen molar-refractivity contribution in [1.29, 1.82) is 5.26 Å². The minimum absolute atomic E-state index is 0.0363. The third-order valence-electron chi connectivity index (χ3n) is 2.40. The van der Waals surface area contributed by atoms with E-state index >= 15 is 0 Å².